The summed E-state index contributed by atoms with van der Waals surface area (Å²) >= 11 is 0. The van der Waals surface area contributed by atoms with Crippen LogP contribution in [0.5, 0.6) is 0 Å². The standard InChI is InChI=1S/C13H16N2/c1-8(2)9-6-7-10-11(13(9)15)4-3-5-12(10)14/h3-8H,14-15H2,1-2H3. The van der Waals surface area contributed by atoms with Crippen molar-refractivity contribution in [3.8, 4) is 0 Å². The van der Waals surface area contributed by atoms with Crippen LogP contribution < -0.4 is 11.5 Å². The Morgan fingerprint density at radius 2 is 1.67 bits per heavy atom. The Balaban J connectivity index is 2.80. The van der Waals surface area contributed by atoms with Gasteiger partial charge in [-0.2, -0.15) is 0 Å². The van der Waals surface area contributed by atoms with Crippen molar-refractivity contribution in [2.45, 2.75) is 19.8 Å². The average Bonchev–Trinajstić information content (AvgIpc) is 2.19. The van der Waals surface area contributed by atoms with Gasteiger partial charge in [0.2, 0.25) is 0 Å². The van der Waals surface area contributed by atoms with Crippen LogP contribution in [0.1, 0.15) is 25.3 Å². The first-order chi connectivity index (χ1) is 7.11. The van der Waals surface area contributed by atoms with Crippen LogP contribution in [-0.4, -0.2) is 0 Å². The molecule has 0 amide bonds. The van der Waals surface area contributed by atoms with Crippen molar-refractivity contribution in [1.82, 2.24) is 0 Å². The van der Waals surface area contributed by atoms with Gasteiger partial charge in [0.1, 0.15) is 0 Å². The lowest BCUT2D eigenvalue weighted by atomic mass is 9.96. The number of hydrogen-bond donors (Lipinski definition) is 2. The van der Waals surface area contributed by atoms with Gasteiger partial charge >= 0.3 is 0 Å². The number of benzene rings is 2. The fraction of sp³-hybridized carbons (Fsp3) is 0.231. The lowest BCUT2D eigenvalue weighted by Crippen LogP contribution is -1.98. The highest BCUT2D eigenvalue weighted by atomic mass is 14.6. The number of rotatable bonds is 1. The second kappa shape index (κ2) is 3.46. The van der Waals surface area contributed by atoms with Crippen molar-refractivity contribution in [1.29, 1.82) is 0 Å². The molecule has 0 saturated carbocycles. The summed E-state index contributed by atoms with van der Waals surface area (Å²) in [5, 5.41) is 2.10. The van der Waals surface area contributed by atoms with Crippen molar-refractivity contribution < 1.29 is 0 Å². The fourth-order valence-electron chi connectivity index (χ4n) is 1.93. The maximum Gasteiger partial charge on any atom is 0.0429 e. The van der Waals surface area contributed by atoms with Gasteiger partial charge < -0.3 is 11.5 Å². The molecule has 0 unspecified atom stereocenters. The molecule has 4 N–H and O–H groups in total. The quantitative estimate of drug-likeness (QED) is 0.695. The van der Waals surface area contributed by atoms with Crippen LogP contribution in [0, 0.1) is 0 Å². The zero-order chi connectivity index (χ0) is 11.0. The Kier molecular flexibility index (Phi) is 2.27. The van der Waals surface area contributed by atoms with Gasteiger partial charge in [0, 0.05) is 22.1 Å². The molecule has 0 spiro atoms. The van der Waals surface area contributed by atoms with E-state index < -0.39 is 0 Å². The molecule has 2 aromatic rings. The van der Waals surface area contributed by atoms with E-state index >= 15 is 0 Å². The zero-order valence-electron chi connectivity index (χ0n) is 9.12. The summed E-state index contributed by atoms with van der Waals surface area (Å²) in [5.41, 5.74) is 14.9. The lowest BCUT2D eigenvalue weighted by Gasteiger charge is -2.12. The molecular weight excluding hydrogens is 184 g/mol. The highest BCUT2D eigenvalue weighted by Gasteiger charge is 2.08. The Morgan fingerprint density at radius 3 is 2.33 bits per heavy atom. The highest BCUT2D eigenvalue weighted by Crippen LogP contribution is 2.32. The third-order valence-corrected chi connectivity index (χ3v) is 2.79. The monoisotopic (exact) mass is 200 g/mol. The maximum atomic E-state index is 6.13. The van der Waals surface area contributed by atoms with E-state index in [1.807, 2.05) is 18.2 Å². The van der Waals surface area contributed by atoms with Gasteiger partial charge in [-0.15, -0.1) is 0 Å². The summed E-state index contributed by atoms with van der Waals surface area (Å²) in [6.07, 6.45) is 0. The summed E-state index contributed by atoms with van der Waals surface area (Å²) in [7, 11) is 0. The predicted molar refractivity (Wildman–Crippen MR) is 66.9 cm³/mol. The Hall–Kier alpha value is -1.70. The van der Waals surface area contributed by atoms with E-state index in [9.17, 15) is 0 Å². The average molecular weight is 200 g/mol. The van der Waals surface area contributed by atoms with E-state index in [1.54, 1.807) is 0 Å². The minimum atomic E-state index is 0.441. The van der Waals surface area contributed by atoms with Crippen LogP contribution in [-0.2, 0) is 0 Å². The van der Waals surface area contributed by atoms with Crippen LogP contribution >= 0.6 is 0 Å². The topological polar surface area (TPSA) is 52.0 Å². The molecule has 0 saturated heterocycles. The molecule has 78 valence electrons. The van der Waals surface area contributed by atoms with Gasteiger partial charge in [0.25, 0.3) is 0 Å². The predicted octanol–water partition coefficient (Wildman–Crippen LogP) is 3.13. The van der Waals surface area contributed by atoms with E-state index in [0.29, 0.717) is 5.92 Å². The number of fused-ring (bicyclic) bond motifs is 1. The Morgan fingerprint density at radius 1 is 0.933 bits per heavy atom. The molecule has 0 aromatic heterocycles. The number of nitrogen functional groups attached to an aromatic ring is 2. The normalized spacial score (nSPS) is 11.1. The van der Waals surface area contributed by atoms with Crippen molar-refractivity contribution in [2.24, 2.45) is 0 Å². The molecule has 0 radical (unpaired) electrons. The Bertz CT molecular complexity index is 501. The molecule has 2 rings (SSSR count). The van der Waals surface area contributed by atoms with Crippen LogP contribution in [0.4, 0.5) is 11.4 Å². The largest absolute Gasteiger partial charge is 0.398 e. The lowest BCUT2D eigenvalue weighted by molar-refractivity contribution is 0.872. The van der Waals surface area contributed by atoms with Crippen molar-refractivity contribution in [2.75, 3.05) is 11.5 Å². The SMILES string of the molecule is CC(C)c1ccc2c(N)cccc2c1N. The summed E-state index contributed by atoms with van der Waals surface area (Å²) < 4.78 is 0. The van der Waals surface area contributed by atoms with E-state index in [-0.39, 0.29) is 0 Å². The maximum absolute atomic E-state index is 6.13. The Labute approximate surface area is 89.9 Å². The van der Waals surface area contributed by atoms with Crippen molar-refractivity contribution >= 4 is 22.1 Å². The molecular formula is C13H16N2. The minimum absolute atomic E-state index is 0.441. The van der Waals surface area contributed by atoms with Crippen molar-refractivity contribution in [3.05, 3.63) is 35.9 Å². The number of hydrogen-bond acceptors (Lipinski definition) is 2. The van der Waals surface area contributed by atoms with Gasteiger partial charge in [-0.05, 0) is 17.5 Å². The highest BCUT2D eigenvalue weighted by molar-refractivity contribution is 6.01. The summed E-state index contributed by atoms with van der Waals surface area (Å²) in [6, 6.07) is 9.98. The van der Waals surface area contributed by atoms with Gasteiger partial charge in [0.05, 0.1) is 0 Å². The summed E-state index contributed by atoms with van der Waals surface area (Å²) in [5.74, 6) is 0.441. The molecule has 2 heteroatoms. The first kappa shape index (κ1) is 9.84. The van der Waals surface area contributed by atoms with Crippen molar-refractivity contribution in [3.63, 3.8) is 0 Å². The first-order valence-corrected chi connectivity index (χ1v) is 5.18. The molecule has 2 aromatic carbocycles. The second-order valence-corrected chi connectivity index (χ2v) is 4.17. The molecule has 0 heterocycles. The van der Waals surface area contributed by atoms with Crippen LogP contribution in [0.15, 0.2) is 30.3 Å². The summed E-state index contributed by atoms with van der Waals surface area (Å²) in [6.45, 7) is 4.29. The van der Waals surface area contributed by atoms with E-state index in [0.717, 1.165) is 22.1 Å². The van der Waals surface area contributed by atoms with E-state index in [4.69, 9.17) is 11.5 Å². The molecule has 0 bridgehead atoms. The number of nitrogens with two attached hydrogens (primary N) is 2. The molecule has 2 nitrogen and oxygen atoms in total. The minimum Gasteiger partial charge on any atom is -0.398 e. The third-order valence-electron chi connectivity index (χ3n) is 2.79. The zero-order valence-corrected chi connectivity index (χ0v) is 9.12. The van der Waals surface area contributed by atoms with E-state index in [1.165, 1.54) is 5.56 Å². The molecule has 0 atom stereocenters. The summed E-state index contributed by atoms with van der Waals surface area (Å²) in [4.78, 5) is 0. The van der Waals surface area contributed by atoms with Crippen LogP contribution in [0.25, 0.3) is 10.8 Å². The van der Waals surface area contributed by atoms with Crippen LogP contribution in [0.3, 0.4) is 0 Å². The smallest absolute Gasteiger partial charge is 0.0429 e. The van der Waals surface area contributed by atoms with Gasteiger partial charge in [-0.3, -0.25) is 0 Å². The number of anilines is 2. The second-order valence-electron chi connectivity index (χ2n) is 4.17. The molecule has 0 aliphatic rings. The molecule has 0 aliphatic heterocycles. The van der Waals surface area contributed by atoms with Crippen LogP contribution in [0.2, 0.25) is 0 Å². The molecule has 0 aliphatic carbocycles. The third kappa shape index (κ3) is 1.52. The molecule has 0 fully saturated rings. The van der Waals surface area contributed by atoms with Gasteiger partial charge in [0.15, 0.2) is 0 Å². The fourth-order valence-corrected chi connectivity index (χ4v) is 1.93. The van der Waals surface area contributed by atoms with Gasteiger partial charge in [-0.25, -0.2) is 0 Å². The van der Waals surface area contributed by atoms with Gasteiger partial charge in [-0.1, -0.05) is 38.1 Å². The first-order valence-electron chi connectivity index (χ1n) is 5.18. The molecule has 15 heavy (non-hydrogen) atoms. The van der Waals surface area contributed by atoms with E-state index in [2.05, 4.69) is 26.0 Å².